The Balaban J connectivity index is 1.87. The molecule has 1 atom stereocenters. The SMILES string of the molecule is CC(C)OCCCC(N)C1CC1. The highest BCUT2D eigenvalue weighted by molar-refractivity contribution is 4.83. The van der Waals surface area contributed by atoms with Crippen molar-refractivity contribution in [1.82, 2.24) is 0 Å². The van der Waals surface area contributed by atoms with Gasteiger partial charge in [-0.05, 0) is 45.4 Å². The van der Waals surface area contributed by atoms with Crippen LogP contribution >= 0.6 is 0 Å². The maximum Gasteiger partial charge on any atom is 0.0518 e. The zero-order valence-electron chi connectivity index (χ0n) is 8.25. The number of nitrogens with two attached hydrogens (primary N) is 1. The molecular formula is C10H21NO. The average molecular weight is 171 g/mol. The van der Waals surface area contributed by atoms with Gasteiger partial charge in [-0.2, -0.15) is 0 Å². The third-order valence-corrected chi connectivity index (χ3v) is 2.36. The fourth-order valence-electron chi connectivity index (χ4n) is 1.40. The summed E-state index contributed by atoms with van der Waals surface area (Å²) < 4.78 is 5.44. The van der Waals surface area contributed by atoms with Crippen molar-refractivity contribution < 1.29 is 4.74 Å². The molecule has 1 saturated carbocycles. The van der Waals surface area contributed by atoms with E-state index in [0.717, 1.165) is 25.4 Å². The zero-order chi connectivity index (χ0) is 8.97. The molecule has 0 aromatic rings. The second-order valence-electron chi connectivity index (χ2n) is 4.06. The summed E-state index contributed by atoms with van der Waals surface area (Å²) in [6.07, 6.45) is 5.33. The van der Waals surface area contributed by atoms with Crippen molar-refractivity contribution in [1.29, 1.82) is 0 Å². The van der Waals surface area contributed by atoms with Gasteiger partial charge in [-0.3, -0.25) is 0 Å². The number of ether oxygens (including phenoxy) is 1. The minimum atomic E-state index is 0.363. The van der Waals surface area contributed by atoms with E-state index >= 15 is 0 Å². The van der Waals surface area contributed by atoms with Crippen LogP contribution in [0, 0.1) is 5.92 Å². The van der Waals surface area contributed by atoms with Crippen LogP contribution in [0.25, 0.3) is 0 Å². The van der Waals surface area contributed by atoms with Crippen LogP contribution < -0.4 is 5.73 Å². The molecule has 2 nitrogen and oxygen atoms in total. The smallest absolute Gasteiger partial charge is 0.0518 e. The third kappa shape index (κ3) is 4.07. The Morgan fingerprint density at radius 3 is 2.58 bits per heavy atom. The summed E-state index contributed by atoms with van der Waals surface area (Å²) in [6, 6.07) is 0.445. The quantitative estimate of drug-likeness (QED) is 0.620. The van der Waals surface area contributed by atoms with Gasteiger partial charge in [0, 0.05) is 12.6 Å². The molecule has 0 aromatic heterocycles. The Morgan fingerprint density at radius 2 is 2.08 bits per heavy atom. The monoisotopic (exact) mass is 171 g/mol. The first-order valence-electron chi connectivity index (χ1n) is 5.07. The molecule has 2 heteroatoms. The van der Waals surface area contributed by atoms with Crippen molar-refractivity contribution in [3.63, 3.8) is 0 Å². The zero-order valence-corrected chi connectivity index (χ0v) is 8.25. The predicted octanol–water partition coefficient (Wildman–Crippen LogP) is 1.93. The highest BCUT2D eigenvalue weighted by Gasteiger charge is 2.27. The average Bonchev–Trinajstić information content (AvgIpc) is 2.79. The highest BCUT2D eigenvalue weighted by atomic mass is 16.5. The van der Waals surface area contributed by atoms with Crippen molar-refractivity contribution in [2.75, 3.05) is 6.61 Å². The van der Waals surface area contributed by atoms with Crippen molar-refractivity contribution in [2.24, 2.45) is 11.7 Å². The molecule has 1 unspecified atom stereocenters. The van der Waals surface area contributed by atoms with Crippen LogP contribution in [0.5, 0.6) is 0 Å². The third-order valence-electron chi connectivity index (χ3n) is 2.36. The van der Waals surface area contributed by atoms with Crippen molar-refractivity contribution >= 4 is 0 Å². The van der Waals surface area contributed by atoms with E-state index < -0.39 is 0 Å². The number of hydrogen-bond donors (Lipinski definition) is 1. The van der Waals surface area contributed by atoms with Gasteiger partial charge in [-0.15, -0.1) is 0 Å². The summed E-state index contributed by atoms with van der Waals surface area (Å²) in [7, 11) is 0. The standard InChI is InChI=1S/C10H21NO/c1-8(2)12-7-3-4-10(11)9-5-6-9/h8-10H,3-7,11H2,1-2H3. The fourth-order valence-corrected chi connectivity index (χ4v) is 1.40. The second-order valence-corrected chi connectivity index (χ2v) is 4.06. The molecule has 2 N–H and O–H groups in total. The minimum absolute atomic E-state index is 0.363. The number of rotatable bonds is 6. The Bertz CT molecular complexity index is 121. The van der Waals surface area contributed by atoms with E-state index in [0.29, 0.717) is 12.1 Å². The lowest BCUT2D eigenvalue weighted by Gasteiger charge is -2.11. The molecule has 0 radical (unpaired) electrons. The first-order valence-corrected chi connectivity index (χ1v) is 5.07. The normalized spacial score (nSPS) is 20.0. The van der Waals surface area contributed by atoms with Crippen molar-refractivity contribution in [3.8, 4) is 0 Å². The maximum absolute atomic E-state index is 5.94. The first-order chi connectivity index (χ1) is 5.70. The molecule has 0 heterocycles. The highest BCUT2D eigenvalue weighted by Crippen LogP contribution is 2.33. The molecule has 12 heavy (non-hydrogen) atoms. The lowest BCUT2D eigenvalue weighted by atomic mass is 10.1. The van der Waals surface area contributed by atoms with Gasteiger partial charge < -0.3 is 10.5 Å². The topological polar surface area (TPSA) is 35.2 Å². The molecule has 1 rings (SSSR count). The number of hydrogen-bond acceptors (Lipinski definition) is 2. The van der Waals surface area contributed by atoms with Gasteiger partial charge in [0.15, 0.2) is 0 Å². The second kappa shape index (κ2) is 4.83. The summed E-state index contributed by atoms with van der Waals surface area (Å²) in [5.41, 5.74) is 5.94. The van der Waals surface area contributed by atoms with Crippen LogP contribution in [0.15, 0.2) is 0 Å². The first kappa shape index (κ1) is 10.0. The van der Waals surface area contributed by atoms with E-state index in [1.807, 2.05) is 0 Å². The van der Waals surface area contributed by atoms with E-state index in [1.54, 1.807) is 0 Å². The summed E-state index contributed by atoms with van der Waals surface area (Å²) in [5.74, 6) is 0.837. The van der Waals surface area contributed by atoms with E-state index in [-0.39, 0.29) is 0 Å². The van der Waals surface area contributed by atoms with E-state index in [2.05, 4.69) is 13.8 Å². The molecule has 0 aromatic carbocycles. The van der Waals surface area contributed by atoms with Crippen LogP contribution in [0.1, 0.15) is 39.5 Å². The molecular weight excluding hydrogens is 150 g/mol. The molecule has 0 saturated heterocycles. The molecule has 72 valence electrons. The molecule has 0 amide bonds. The largest absolute Gasteiger partial charge is 0.379 e. The lowest BCUT2D eigenvalue weighted by Crippen LogP contribution is -2.22. The van der Waals surface area contributed by atoms with E-state index in [4.69, 9.17) is 10.5 Å². The summed E-state index contributed by atoms with van der Waals surface area (Å²) in [5, 5.41) is 0. The van der Waals surface area contributed by atoms with Gasteiger partial charge in [0.25, 0.3) is 0 Å². The van der Waals surface area contributed by atoms with Gasteiger partial charge in [0.1, 0.15) is 0 Å². The fraction of sp³-hybridized carbons (Fsp3) is 1.00. The summed E-state index contributed by atoms with van der Waals surface area (Å²) in [6.45, 7) is 5.01. The molecule has 1 fully saturated rings. The molecule has 0 bridgehead atoms. The molecule has 0 spiro atoms. The predicted molar refractivity (Wildman–Crippen MR) is 51.0 cm³/mol. The van der Waals surface area contributed by atoms with Gasteiger partial charge in [0.05, 0.1) is 6.10 Å². The van der Waals surface area contributed by atoms with E-state index in [1.165, 1.54) is 12.8 Å². The Kier molecular flexibility index (Phi) is 4.02. The van der Waals surface area contributed by atoms with Crippen LogP contribution in [-0.4, -0.2) is 18.8 Å². The van der Waals surface area contributed by atoms with Crippen LogP contribution in [0.3, 0.4) is 0 Å². The van der Waals surface area contributed by atoms with Crippen LogP contribution in [-0.2, 0) is 4.74 Å². The minimum Gasteiger partial charge on any atom is -0.379 e. The Morgan fingerprint density at radius 1 is 1.42 bits per heavy atom. The van der Waals surface area contributed by atoms with Crippen molar-refractivity contribution in [2.45, 2.75) is 51.7 Å². The van der Waals surface area contributed by atoms with Gasteiger partial charge in [-0.1, -0.05) is 0 Å². The van der Waals surface area contributed by atoms with Gasteiger partial charge in [-0.25, -0.2) is 0 Å². The van der Waals surface area contributed by atoms with E-state index in [9.17, 15) is 0 Å². The van der Waals surface area contributed by atoms with Crippen molar-refractivity contribution in [3.05, 3.63) is 0 Å². The lowest BCUT2D eigenvalue weighted by molar-refractivity contribution is 0.0748. The summed E-state index contributed by atoms with van der Waals surface area (Å²) in [4.78, 5) is 0. The van der Waals surface area contributed by atoms with Gasteiger partial charge >= 0.3 is 0 Å². The Hall–Kier alpha value is -0.0800. The van der Waals surface area contributed by atoms with Gasteiger partial charge in [0.2, 0.25) is 0 Å². The van der Waals surface area contributed by atoms with Crippen LogP contribution in [0.4, 0.5) is 0 Å². The maximum atomic E-state index is 5.94. The Labute approximate surface area is 75.5 Å². The molecule has 0 aliphatic heterocycles. The molecule has 1 aliphatic carbocycles. The van der Waals surface area contributed by atoms with Crippen LogP contribution in [0.2, 0.25) is 0 Å². The molecule has 1 aliphatic rings. The summed E-state index contributed by atoms with van der Waals surface area (Å²) >= 11 is 0.